The summed E-state index contributed by atoms with van der Waals surface area (Å²) in [5.41, 5.74) is 7.07. The summed E-state index contributed by atoms with van der Waals surface area (Å²) in [6.45, 7) is 5.55. The first-order valence-corrected chi connectivity index (χ1v) is 11.5. The highest BCUT2D eigenvalue weighted by Gasteiger charge is 2.44. The zero-order chi connectivity index (χ0) is 23.5. The number of hydrogen-bond acceptors (Lipinski definition) is 5. The van der Waals surface area contributed by atoms with E-state index in [2.05, 4.69) is 11.4 Å². The number of fused-ring (bicyclic) bond motifs is 2. The summed E-state index contributed by atoms with van der Waals surface area (Å²) in [6, 6.07) is 17.1. The summed E-state index contributed by atoms with van der Waals surface area (Å²) >= 11 is 0. The fraction of sp³-hybridized carbons (Fsp3) is 0.462. The topological polar surface area (TPSA) is 93.9 Å². The molecule has 0 saturated carbocycles. The Hall–Kier alpha value is -2.90. The molecule has 2 aromatic carbocycles. The maximum atomic E-state index is 13.4. The molecule has 0 aliphatic carbocycles. The van der Waals surface area contributed by atoms with Crippen LogP contribution in [0.4, 0.5) is 0 Å². The number of carbonyl (C=O) groups is 2. The SMILES string of the molecule is CC(C)(N)C(=O)N[C@H](COCc1ccccc1)C(=O)N1CCC2(CC1)COc1ccccc12. The van der Waals surface area contributed by atoms with Gasteiger partial charge in [-0.25, -0.2) is 0 Å². The van der Waals surface area contributed by atoms with Crippen molar-refractivity contribution in [1.82, 2.24) is 10.2 Å². The van der Waals surface area contributed by atoms with Crippen LogP contribution in [0.15, 0.2) is 54.6 Å². The molecule has 1 fully saturated rings. The van der Waals surface area contributed by atoms with Crippen LogP contribution in [0.1, 0.15) is 37.8 Å². The number of ether oxygens (including phenoxy) is 2. The van der Waals surface area contributed by atoms with E-state index in [-0.39, 0.29) is 23.8 Å². The van der Waals surface area contributed by atoms with Crippen molar-refractivity contribution in [2.24, 2.45) is 5.73 Å². The van der Waals surface area contributed by atoms with Crippen molar-refractivity contribution in [3.63, 3.8) is 0 Å². The molecule has 33 heavy (non-hydrogen) atoms. The van der Waals surface area contributed by atoms with Crippen LogP contribution in [0.2, 0.25) is 0 Å². The molecule has 2 heterocycles. The molecule has 1 atom stereocenters. The van der Waals surface area contributed by atoms with E-state index < -0.39 is 11.6 Å². The molecule has 2 aliphatic heterocycles. The average molecular weight is 452 g/mol. The van der Waals surface area contributed by atoms with Gasteiger partial charge in [0.1, 0.15) is 11.8 Å². The van der Waals surface area contributed by atoms with Gasteiger partial charge in [-0.05, 0) is 38.3 Å². The van der Waals surface area contributed by atoms with Crippen LogP contribution >= 0.6 is 0 Å². The summed E-state index contributed by atoms with van der Waals surface area (Å²) in [5, 5.41) is 2.81. The van der Waals surface area contributed by atoms with Crippen molar-refractivity contribution in [2.75, 3.05) is 26.3 Å². The third kappa shape index (κ3) is 5.20. The van der Waals surface area contributed by atoms with E-state index in [9.17, 15) is 9.59 Å². The van der Waals surface area contributed by atoms with Crippen molar-refractivity contribution in [3.8, 4) is 5.75 Å². The summed E-state index contributed by atoms with van der Waals surface area (Å²) in [7, 11) is 0. The van der Waals surface area contributed by atoms with E-state index in [1.54, 1.807) is 13.8 Å². The van der Waals surface area contributed by atoms with Crippen molar-refractivity contribution in [2.45, 2.75) is 50.3 Å². The largest absolute Gasteiger partial charge is 0.492 e. The smallest absolute Gasteiger partial charge is 0.247 e. The van der Waals surface area contributed by atoms with Gasteiger partial charge in [0, 0.05) is 24.1 Å². The van der Waals surface area contributed by atoms with E-state index in [1.165, 1.54) is 5.56 Å². The highest BCUT2D eigenvalue weighted by molar-refractivity contribution is 5.91. The molecule has 7 heteroatoms. The first-order chi connectivity index (χ1) is 15.8. The van der Waals surface area contributed by atoms with Crippen LogP contribution in [0.25, 0.3) is 0 Å². The molecule has 176 valence electrons. The normalized spacial score (nSPS) is 17.8. The molecule has 0 bridgehead atoms. The lowest BCUT2D eigenvalue weighted by Gasteiger charge is -2.40. The maximum absolute atomic E-state index is 13.4. The lowest BCUT2D eigenvalue weighted by Crippen LogP contribution is -2.59. The monoisotopic (exact) mass is 451 g/mol. The molecule has 2 aliphatic rings. The summed E-state index contributed by atoms with van der Waals surface area (Å²) < 4.78 is 11.7. The van der Waals surface area contributed by atoms with Gasteiger partial charge in [0.05, 0.1) is 25.4 Å². The Morgan fingerprint density at radius 2 is 1.79 bits per heavy atom. The number of rotatable bonds is 7. The Labute approximate surface area is 195 Å². The zero-order valence-corrected chi connectivity index (χ0v) is 19.4. The second-order valence-electron chi connectivity index (χ2n) is 9.64. The number of nitrogens with zero attached hydrogens (tertiary/aromatic N) is 1. The lowest BCUT2D eigenvalue weighted by molar-refractivity contribution is -0.140. The molecule has 2 amide bonds. The van der Waals surface area contributed by atoms with E-state index in [4.69, 9.17) is 15.2 Å². The Kier molecular flexibility index (Phi) is 6.72. The minimum atomic E-state index is -1.09. The number of amides is 2. The third-order valence-corrected chi connectivity index (χ3v) is 6.58. The van der Waals surface area contributed by atoms with Crippen molar-refractivity contribution in [1.29, 1.82) is 0 Å². The van der Waals surface area contributed by atoms with Gasteiger partial charge in [-0.15, -0.1) is 0 Å². The van der Waals surface area contributed by atoms with E-state index in [0.29, 0.717) is 26.3 Å². The molecule has 0 unspecified atom stereocenters. The first kappa shape index (κ1) is 23.3. The number of benzene rings is 2. The number of para-hydroxylation sites is 1. The highest BCUT2D eigenvalue weighted by atomic mass is 16.5. The second-order valence-corrected chi connectivity index (χ2v) is 9.64. The van der Waals surface area contributed by atoms with Gasteiger partial charge < -0.3 is 25.4 Å². The first-order valence-electron chi connectivity index (χ1n) is 11.5. The number of nitrogens with one attached hydrogen (secondary N) is 1. The van der Waals surface area contributed by atoms with Crippen LogP contribution in [0.3, 0.4) is 0 Å². The van der Waals surface area contributed by atoms with E-state index in [0.717, 1.165) is 24.2 Å². The molecular formula is C26H33N3O4. The Balaban J connectivity index is 1.40. The number of carbonyl (C=O) groups excluding carboxylic acids is 2. The number of likely N-dealkylation sites (tertiary alicyclic amines) is 1. The van der Waals surface area contributed by atoms with Gasteiger partial charge in [0.15, 0.2) is 0 Å². The quantitative estimate of drug-likeness (QED) is 0.674. The van der Waals surface area contributed by atoms with Crippen molar-refractivity contribution in [3.05, 3.63) is 65.7 Å². The Bertz CT molecular complexity index is 979. The van der Waals surface area contributed by atoms with Crippen LogP contribution in [0, 0.1) is 0 Å². The van der Waals surface area contributed by atoms with Gasteiger partial charge in [0.25, 0.3) is 0 Å². The number of nitrogens with two attached hydrogens (primary N) is 1. The number of piperidine rings is 1. The van der Waals surface area contributed by atoms with Crippen molar-refractivity contribution < 1.29 is 19.1 Å². The van der Waals surface area contributed by atoms with Gasteiger partial charge in [-0.2, -0.15) is 0 Å². The van der Waals surface area contributed by atoms with Gasteiger partial charge in [-0.3, -0.25) is 9.59 Å². The molecule has 0 radical (unpaired) electrons. The molecule has 0 aromatic heterocycles. The fourth-order valence-electron chi connectivity index (χ4n) is 4.50. The van der Waals surface area contributed by atoms with Crippen LogP contribution in [-0.4, -0.2) is 54.6 Å². The van der Waals surface area contributed by atoms with Gasteiger partial charge in [0.2, 0.25) is 11.8 Å². The third-order valence-electron chi connectivity index (χ3n) is 6.58. The Morgan fingerprint density at radius 1 is 1.12 bits per heavy atom. The standard InChI is InChI=1S/C26H33N3O4/c1-25(2,27)24(31)28-21(17-32-16-19-8-4-3-5-9-19)23(30)29-14-12-26(13-15-29)18-33-22-11-7-6-10-20(22)26/h3-11,21H,12-18,27H2,1-2H3,(H,28,31)/t21-/m1/s1. The lowest BCUT2D eigenvalue weighted by atomic mass is 9.74. The fourth-order valence-corrected chi connectivity index (χ4v) is 4.50. The predicted molar refractivity (Wildman–Crippen MR) is 126 cm³/mol. The average Bonchev–Trinajstić information content (AvgIpc) is 3.16. The minimum Gasteiger partial charge on any atom is -0.492 e. The van der Waals surface area contributed by atoms with E-state index >= 15 is 0 Å². The summed E-state index contributed by atoms with van der Waals surface area (Å²) in [4.78, 5) is 27.8. The molecule has 7 nitrogen and oxygen atoms in total. The van der Waals surface area contributed by atoms with Gasteiger partial charge in [-0.1, -0.05) is 48.5 Å². The molecule has 1 saturated heterocycles. The molecule has 2 aromatic rings. The van der Waals surface area contributed by atoms with Crippen LogP contribution < -0.4 is 15.8 Å². The van der Waals surface area contributed by atoms with Crippen LogP contribution in [-0.2, 0) is 26.3 Å². The minimum absolute atomic E-state index is 0.0465. The maximum Gasteiger partial charge on any atom is 0.247 e. The highest BCUT2D eigenvalue weighted by Crippen LogP contribution is 2.45. The summed E-state index contributed by atoms with van der Waals surface area (Å²) in [6.07, 6.45) is 1.65. The van der Waals surface area contributed by atoms with Crippen LogP contribution in [0.5, 0.6) is 5.75 Å². The predicted octanol–water partition coefficient (Wildman–Crippen LogP) is 2.38. The molecule has 1 spiro atoms. The summed E-state index contributed by atoms with van der Waals surface area (Å²) in [5.74, 6) is 0.431. The molecular weight excluding hydrogens is 418 g/mol. The van der Waals surface area contributed by atoms with Crippen molar-refractivity contribution >= 4 is 11.8 Å². The van der Waals surface area contributed by atoms with E-state index in [1.807, 2.05) is 53.4 Å². The number of hydrogen-bond donors (Lipinski definition) is 2. The van der Waals surface area contributed by atoms with Gasteiger partial charge >= 0.3 is 0 Å². The zero-order valence-electron chi connectivity index (χ0n) is 19.4. The molecule has 3 N–H and O–H groups in total. The Morgan fingerprint density at radius 3 is 2.48 bits per heavy atom. The second kappa shape index (κ2) is 9.53. The molecule has 4 rings (SSSR count).